The number of halogens is 1. The number of piperidine rings is 1. The van der Waals surface area contributed by atoms with Gasteiger partial charge in [-0.05, 0) is 31.5 Å². The van der Waals surface area contributed by atoms with Crippen LogP contribution < -0.4 is 15.4 Å². The molecule has 1 fully saturated rings. The molecule has 0 unspecified atom stereocenters. The van der Waals surface area contributed by atoms with Gasteiger partial charge >= 0.3 is 0 Å². The fourth-order valence-electron chi connectivity index (χ4n) is 2.26. The van der Waals surface area contributed by atoms with Gasteiger partial charge in [0.1, 0.15) is 0 Å². The van der Waals surface area contributed by atoms with Gasteiger partial charge in [0.2, 0.25) is 15.9 Å². The number of rotatable bonds is 6. The lowest BCUT2D eigenvalue weighted by atomic mass is 10.1. The summed E-state index contributed by atoms with van der Waals surface area (Å²) in [6, 6.07) is 8.28. The van der Waals surface area contributed by atoms with Crippen LogP contribution in [-0.2, 0) is 14.8 Å². The molecule has 0 spiro atoms. The molecule has 1 aromatic carbocycles. The van der Waals surface area contributed by atoms with Crippen LogP contribution in [0, 0.1) is 0 Å². The van der Waals surface area contributed by atoms with E-state index in [1.165, 1.54) is 12.1 Å². The largest absolute Gasteiger partial charge is 0.352 e. The van der Waals surface area contributed by atoms with Crippen molar-refractivity contribution in [1.29, 1.82) is 0 Å². The van der Waals surface area contributed by atoms with Gasteiger partial charge in [-0.25, -0.2) is 13.1 Å². The Hall–Kier alpha value is -1.15. The predicted octanol–water partition coefficient (Wildman–Crippen LogP) is 0.645. The van der Waals surface area contributed by atoms with Crippen molar-refractivity contribution in [3.63, 3.8) is 0 Å². The smallest absolute Gasteiger partial charge is 0.240 e. The number of hydrogen-bond acceptors (Lipinski definition) is 4. The standard InChI is InChI=1S/C14H21N3O3S.ClH/c18-14(17-12-5-4-9-15-11-12)8-10-16-21(19,20)13-6-2-1-3-7-13;/h1-3,6-7,12,15-16H,4-5,8-11H2,(H,17,18);1H/t12-;/m0./s1. The van der Waals surface area contributed by atoms with Crippen LogP contribution in [0.5, 0.6) is 0 Å². The van der Waals surface area contributed by atoms with Gasteiger partial charge in [0.25, 0.3) is 0 Å². The molecule has 1 aliphatic heterocycles. The van der Waals surface area contributed by atoms with Gasteiger partial charge < -0.3 is 10.6 Å². The molecular formula is C14H22ClN3O3S. The third kappa shape index (κ3) is 5.92. The molecule has 2 rings (SSSR count). The van der Waals surface area contributed by atoms with Crippen molar-refractivity contribution in [2.24, 2.45) is 0 Å². The summed E-state index contributed by atoms with van der Waals surface area (Å²) in [6.07, 6.45) is 2.16. The molecule has 0 aliphatic carbocycles. The number of sulfonamides is 1. The second kappa shape index (κ2) is 9.09. The zero-order valence-corrected chi connectivity index (χ0v) is 13.9. The maximum absolute atomic E-state index is 12.0. The number of carbonyl (C=O) groups excluding carboxylic acids is 1. The highest BCUT2D eigenvalue weighted by Crippen LogP contribution is 2.07. The average Bonchev–Trinajstić information content (AvgIpc) is 2.49. The monoisotopic (exact) mass is 347 g/mol. The second-order valence-corrected chi connectivity index (χ2v) is 6.84. The number of carbonyl (C=O) groups is 1. The lowest BCUT2D eigenvalue weighted by Gasteiger charge is -2.23. The summed E-state index contributed by atoms with van der Waals surface area (Å²) >= 11 is 0. The minimum atomic E-state index is -3.53. The van der Waals surface area contributed by atoms with E-state index >= 15 is 0 Å². The van der Waals surface area contributed by atoms with Gasteiger partial charge in [-0.15, -0.1) is 12.4 Å². The quantitative estimate of drug-likeness (QED) is 0.705. The van der Waals surface area contributed by atoms with Gasteiger partial charge in [0, 0.05) is 25.6 Å². The molecule has 1 atom stereocenters. The van der Waals surface area contributed by atoms with E-state index in [4.69, 9.17) is 0 Å². The zero-order chi connectivity index (χ0) is 15.1. The predicted molar refractivity (Wildman–Crippen MR) is 87.5 cm³/mol. The normalized spacial score (nSPS) is 18.3. The van der Waals surface area contributed by atoms with Crippen LogP contribution in [-0.4, -0.2) is 40.0 Å². The molecule has 0 bridgehead atoms. The molecule has 3 N–H and O–H groups in total. The molecule has 22 heavy (non-hydrogen) atoms. The number of hydrogen-bond donors (Lipinski definition) is 3. The molecule has 1 saturated heterocycles. The Kier molecular flexibility index (Phi) is 7.81. The summed E-state index contributed by atoms with van der Waals surface area (Å²) < 4.78 is 26.3. The first-order valence-electron chi connectivity index (χ1n) is 7.13. The number of benzene rings is 1. The molecule has 0 radical (unpaired) electrons. The Labute approximate surface area is 137 Å². The molecule has 1 amide bonds. The van der Waals surface area contributed by atoms with Crippen LogP contribution in [0.1, 0.15) is 19.3 Å². The van der Waals surface area contributed by atoms with Crippen molar-refractivity contribution in [2.75, 3.05) is 19.6 Å². The van der Waals surface area contributed by atoms with Gasteiger partial charge in [0.15, 0.2) is 0 Å². The van der Waals surface area contributed by atoms with Crippen LogP contribution >= 0.6 is 12.4 Å². The fraction of sp³-hybridized carbons (Fsp3) is 0.500. The molecule has 1 aliphatic rings. The molecule has 124 valence electrons. The van der Waals surface area contributed by atoms with Crippen molar-refractivity contribution >= 4 is 28.3 Å². The molecule has 8 heteroatoms. The molecule has 1 heterocycles. The molecular weight excluding hydrogens is 326 g/mol. The lowest BCUT2D eigenvalue weighted by Crippen LogP contribution is -2.46. The van der Waals surface area contributed by atoms with Gasteiger partial charge in [-0.3, -0.25) is 4.79 Å². The summed E-state index contributed by atoms with van der Waals surface area (Å²) in [5.74, 6) is -0.125. The Bertz CT molecular complexity index is 560. The highest BCUT2D eigenvalue weighted by atomic mass is 35.5. The van der Waals surface area contributed by atoms with Crippen LogP contribution in [0.3, 0.4) is 0 Å². The summed E-state index contributed by atoms with van der Waals surface area (Å²) in [5.41, 5.74) is 0. The summed E-state index contributed by atoms with van der Waals surface area (Å²) in [7, 11) is -3.53. The minimum Gasteiger partial charge on any atom is -0.352 e. The Morgan fingerprint density at radius 2 is 2.00 bits per heavy atom. The molecule has 1 aromatic rings. The summed E-state index contributed by atoms with van der Waals surface area (Å²) in [5, 5.41) is 6.12. The van der Waals surface area contributed by atoms with Crippen molar-refractivity contribution in [2.45, 2.75) is 30.2 Å². The first kappa shape index (κ1) is 18.9. The highest BCUT2D eigenvalue weighted by Gasteiger charge is 2.16. The molecule has 0 saturated carbocycles. The third-order valence-corrected chi connectivity index (χ3v) is 4.84. The van der Waals surface area contributed by atoms with Crippen LogP contribution in [0.25, 0.3) is 0 Å². The Morgan fingerprint density at radius 1 is 1.27 bits per heavy atom. The van der Waals surface area contributed by atoms with E-state index in [1.54, 1.807) is 18.2 Å². The van der Waals surface area contributed by atoms with Crippen molar-refractivity contribution in [1.82, 2.24) is 15.4 Å². The molecule has 6 nitrogen and oxygen atoms in total. The second-order valence-electron chi connectivity index (χ2n) is 5.07. The first-order valence-corrected chi connectivity index (χ1v) is 8.61. The number of amides is 1. The summed E-state index contributed by atoms with van der Waals surface area (Å²) in [4.78, 5) is 12.0. The maximum atomic E-state index is 12.0. The van der Waals surface area contributed by atoms with Crippen molar-refractivity contribution < 1.29 is 13.2 Å². The fourth-order valence-corrected chi connectivity index (χ4v) is 3.31. The van der Waals surface area contributed by atoms with Crippen molar-refractivity contribution in [3.05, 3.63) is 30.3 Å². The van der Waals surface area contributed by atoms with Crippen LogP contribution in [0.2, 0.25) is 0 Å². The third-order valence-electron chi connectivity index (χ3n) is 3.36. The van der Waals surface area contributed by atoms with Gasteiger partial charge in [-0.2, -0.15) is 0 Å². The van der Waals surface area contributed by atoms with E-state index in [9.17, 15) is 13.2 Å². The van der Waals surface area contributed by atoms with E-state index in [2.05, 4.69) is 15.4 Å². The van der Waals surface area contributed by atoms with Crippen molar-refractivity contribution in [3.8, 4) is 0 Å². The average molecular weight is 348 g/mol. The summed E-state index contributed by atoms with van der Waals surface area (Å²) in [6.45, 7) is 1.87. The van der Waals surface area contributed by atoms with Gasteiger partial charge in [-0.1, -0.05) is 18.2 Å². The van der Waals surface area contributed by atoms with E-state index in [-0.39, 0.29) is 42.2 Å². The van der Waals surface area contributed by atoms with Crippen LogP contribution in [0.4, 0.5) is 0 Å². The minimum absolute atomic E-state index is 0. The lowest BCUT2D eigenvalue weighted by molar-refractivity contribution is -0.121. The Morgan fingerprint density at radius 3 is 2.64 bits per heavy atom. The number of nitrogens with one attached hydrogen (secondary N) is 3. The van der Waals surface area contributed by atoms with E-state index in [0.29, 0.717) is 0 Å². The molecule has 0 aromatic heterocycles. The first-order chi connectivity index (χ1) is 10.1. The maximum Gasteiger partial charge on any atom is 0.240 e. The SMILES string of the molecule is Cl.O=C(CCNS(=O)(=O)c1ccccc1)N[C@H]1CCCNC1. The van der Waals surface area contributed by atoms with Gasteiger partial charge in [0.05, 0.1) is 4.90 Å². The Balaban J connectivity index is 0.00000242. The zero-order valence-electron chi connectivity index (χ0n) is 12.2. The highest BCUT2D eigenvalue weighted by molar-refractivity contribution is 7.89. The van der Waals surface area contributed by atoms with Crippen LogP contribution in [0.15, 0.2) is 35.2 Å². The topological polar surface area (TPSA) is 87.3 Å². The van der Waals surface area contributed by atoms with E-state index in [1.807, 2.05) is 0 Å². The van der Waals surface area contributed by atoms with E-state index < -0.39 is 10.0 Å². The van der Waals surface area contributed by atoms with E-state index in [0.717, 1.165) is 25.9 Å².